The summed E-state index contributed by atoms with van der Waals surface area (Å²) >= 11 is 0. The maximum Gasteiger partial charge on any atom is 0.267 e. The van der Waals surface area contributed by atoms with Gasteiger partial charge in [-0.2, -0.15) is 5.10 Å². The molecule has 0 fully saturated rings. The van der Waals surface area contributed by atoms with Gasteiger partial charge in [-0.1, -0.05) is 24.3 Å². The van der Waals surface area contributed by atoms with Crippen LogP contribution in [0.4, 0.5) is 5.69 Å². The van der Waals surface area contributed by atoms with Crippen molar-refractivity contribution >= 4 is 5.69 Å². The summed E-state index contributed by atoms with van der Waals surface area (Å²) in [5, 5.41) is 6.58. The van der Waals surface area contributed by atoms with E-state index >= 15 is 0 Å². The lowest BCUT2D eigenvalue weighted by atomic mass is 10.1. The van der Waals surface area contributed by atoms with Gasteiger partial charge in [-0.15, -0.1) is 0 Å². The lowest BCUT2D eigenvalue weighted by Gasteiger charge is -2.11. The number of benzene rings is 2. The van der Waals surface area contributed by atoms with Gasteiger partial charge in [0.25, 0.3) is 5.56 Å². The smallest absolute Gasteiger partial charge is 0.267 e. The van der Waals surface area contributed by atoms with E-state index < -0.39 is 0 Å². The van der Waals surface area contributed by atoms with Crippen LogP contribution in [0.2, 0.25) is 0 Å². The second-order valence-electron chi connectivity index (χ2n) is 5.86. The van der Waals surface area contributed by atoms with Crippen molar-refractivity contribution in [1.82, 2.24) is 10.2 Å². The zero-order valence-corrected chi connectivity index (χ0v) is 14.0. The number of nitrogens with zero attached hydrogens (tertiary/aromatic N) is 2. The monoisotopic (exact) mass is 331 g/mol. The van der Waals surface area contributed by atoms with Crippen LogP contribution in [0.3, 0.4) is 0 Å². The number of aromatic amines is 1. The molecular weight excluding hydrogens is 314 g/mol. The van der Waals surface area contributed by atoms with E-state index in [0.717, 1.165) is 22.6 Å². The minimum atomic E-state index is -0.170. The van der Waals surface area contributed by atoms with Gasteiger partial charge in [0.1, 0.15) is 11.5 Å². The van der Waals surface area contributed by atoms with Gasteiger partial charge in [-0.3, -0.25) is 4.79 Å². The quantitative estimate of drug-likeness (QED) is 0.724. The topological polar surface area (TPSA) is 59.3 Å². The van der Waals surface area contributed by atoms with E-state index in [4.69, 9.17) is 11.3 Å². The number of ether oxygens (including phenoxy) is 1. The highest BCUT2D eigenvalue weighted by atomic mass is 16.5. The Kier molecular flexibility index (Phi) is 4.62. The Hall–Kier alpha value is -3.39. The summed E-state index contributed by atoms with van der Waals surface area (Å²) in [4.78, 5) is 14.8. The molecular formula is C20H17N3O2. The van der Waals surface area contributed by atoms with Crippen LogP contribution in [-0.4, -0.2) is 10.2 Å². The summed E-state index contributed by atoms with van der Waals surface area (Å²) in [7, 11) is 0. The van der Waals surface area contributed by atoms with Crippen molar-refractivity contribution in [2.45, 2.75) is 20.3 Å². The summed E-state index contributed by atoms with van der Waals surface area (Å²) in [6, 6.07) is 14.8. The lowest BCUT2D eigenvalue weighted by Crippen LogP contribution is -2.12. The average Bonchev–Trinajstić information content (AvgIpc) is 2.61. The summed E-state index contributed by atoms with van der Waals surface area (Å²) in [6.07, 6.45) is 0.594. The fourth-order valence-electron chi connectivity index (χ4n) is 2.47. The Balaban J connectivity index is 1.86. The van der Waals surface area contributed by atoms with Crippen molar-refractivity contribution in [2.24, 2.45) is 0 Å². The summed E-state index contributed by atoms with van der Waals surface area (Å²) in [5.74, 6) is 1.37. The molecule has 0 saturated carbocycles. The minimum Gasteiger partial charge on any atom is -0.458 e. The molecule has 1 aromatic heterocycles. The van der Waals surface area contributed by atoms with Crippen molar-refractivity contribution in [2.75, 3.05) is 0 Å². The third-order valence-electron chi connectivity index (χ3n) is 3.85. The molecule has 0 amide bonds. The molecule has 0 unspecified atom stereocenters. The Morgan fingerprint density at radius 2 is 1.96 bits per heavy atom. The second-order valence-corrected chi connectivity index (χ2v) is 5.86. The van der Waals surface area contributed by atoms with Crippen LogP contribution >= 0.6 is 0 Å². The molecule has 3 rings (SSSR count). The fourth-order valence-corrected chi connectivity index (χ4v) is 2.47. The molecule has 5 nitrogen and oxygen atoms in total. The van der Waals surface area contributed by atoms with Crippen molar-refractivity contribution in [1.29, 1.82) is 0 Å². The Morgan fingerprint density at radius 1 is 1.12 bits per heavy atom. The van der Waals surface area contributed by atoms with Crippen molar-refractivity contribution in [3.05, 3.63) is 92.7 Å². The number of nitrogens with one attached hydrogen (secondary N) is 1. The van der Waals surface area contributed by atoms with E-state index in [2.05, 4.69) is 15.0 Å². The Labute approximate surface area is 145 Å². The molecule has 0 aliphatic carbocycles. The minimum absolute atomic E-state index is 0.170. The van der Waals surface area contributed by atoms with Gasteiger partial charge in [0, 0.05) is 12.0 Å². The molecule has 0 spiro atoms. The lowest BCUT2D eigenvalue weighted by molar-refractivity contribution is 0.478. The third-order valence-corrected chi connectivity index (χ3v) is 3.85. The summed E-state index contributed by atoms with van der Waals surface area (Å²) < 4.78 is 5.95. The third kappa shape index (κ3) is 3.93. The van der Waals surface area contributed by atoms with E-state index in [0.29, 0.717) is 23.4 Å². The van der Waals surface area contributed by atoms with Crippen molar-refractivity contribution in [3.8, 4) is 11.5 Å². The zero-order valence-electron chi connectivity index (χ0n) is 14.0. The molecule has 5 heteroatoms. The van der Waals surface area contributed by atoms with Crippen LogP contribution in [-0.2, 0) is 6.42 Å². The molecule has 3 aromatic rings. The molecule has 0 saturated heterocycles. The van der Waals surface area contributed by atoms with Crippen LogP contribution in [0.5, 0.6) is 11.5 Å². The first-order valence-corrected chi connectivity index (χ1v) is 7.85. The fraction of sp³-hybridized carbons (Fsp3) is 0.150. The van der Waals surface area contributed by atoms with Gasteiger partial charge in [0.05, 0.1) is 12.3 Å². The number of aromatic nitrogens is 2. The van der Waals surface area contributed by atoms with Crippen LogP contribution in [0, 0.1) is 20.4 Å². The Morgan fingerprint density at radius 3 is 2.72 bits per heavy atom. The average molecular weight is 331 g/mol. The largest absolute Gasteiger partial charge is 0.458 e. The highest BCUT2D eigenvalue weighted by molar-refractivity contribution is 5.50. The number of H-pyrrole nitrogens is 1. The number of rotatable bonds is 4. The van der Waals surface area contributed by atoms with Crippen molar-refractivity contribution < 1.29 is 4.74 Å². The van der Waals surface area contributed by atoms with Gasteiger partial charge in [0.15, 0.2) is 5.69 Å². The van der Waals surface area contributed by atoms with E-state index in [1.54, 1.807) is 31.2 Å². The summed E-state index contributed by atoms with van der Waals surface area (Å²) in [6.45, 7) is 10.8. The first-order valence-electron chi connectivity index (χ1n) is 7.85. The molecule has 1 heterocycles. The molecule has 1 N–H and O–H groups in total. The van der Waals surface area contributed by atoms with Gasteiger partial charge in [-0.25, -0.2) is 9.94 Å². The van der Waals surface area contributed by atoms with Gasteiger partial charge >= 0.3 is 0 Å². The molecule has 25 heavy (non-hydrogen) atoms. The second kappa shape index (κ2) is 7.02. The number of aryl methyl sites for hydroxylation is 2. The molecule has 0 aliphatic rings. The number of hydrogen-bond acceptors (Lipinski definition) is 3. The Bertz CT molecular complexity index is 1020. The zero-order chi connectivity index (χ0) is 17.8. The molecule has 0 aliphatic heterocycles. The van der Waals surface area contributed by atoms with E-state index in [9.17, 15) is 4.79 Å². The molecule has 0 bridgehead atoms. The predicted molar refractivity (Wildman–Crippen MR) is 96.4 cm³/mol. The predicted octanol–water partition coefficient (Wildman–Crippen LogP) is 4.32. The highest BCUT2D eigenvalue weighted by Crippen LogP contribution is 2.29. The van der Waals surface area contributed by atoms with Gasteiger partial charge in [-0.05, 0) is 49.2 Å². The standard InChI is InChI=1S/C20H17N3O2/c1-13-7-8-15(10-17-9-14(2)20(24)23-22-17)11-19(13)25-18-6-4-5-16(12-18)21-3/h4-9,11-12H,10H2,1-2H3,(H,23,24). The maximum absolute atomic E-state index is 11.4. The molecule has 2 aromatic carbocycles. The summed E-state index contributed by atoms with van der Waals surface area (Å²) in [5.41, 5.74) is 3.84. The van der Waals surface area contributed by atoms with E-state index in [-0.39, 0.29) is 5.56 Å². The number of hydrogen-bond donors (Lipinski definition) is 1. The first kappa shape index (κ1) is 16.5. The highest BCUT2D eigenvalue weighted by Gasteiger charge is 2.07. The molecule has 124 valence electrons. The van der Waals surface area contributed by atoms with Gasteiger partial charge in [0.2, 0.25) is 0 Å². The van der Waals surface area contributed by atoms with Crippen LogP contribution in [0.25, 0.3) is 4.85 Å². The molecule has 0 radical (unpaired) electrons. The van der Waals surface area contributed by atoms with Gasteiger partial charge < -0.3 is 4.74 Å². The van der Waals surface area contributed by atoms with E-state index in [1.165, 1.54) is 0 Å². The van der Waals surface area contributed by atoms with Crippen molar-refractivity contribution in [3.63, 3.8) is 0 Å². The normalized spacial score (nSPS) is 10.3. The first-order chi connectivity index (χ1) is 12.0. The molecule has 0 atom stereocenters. The SMILES string of the molecule is [C-]#[N+]c1cccc(Oc2cc(Cc3cc(C)c(=O)[nH]n3)ccc2C)c1. The van der Waals surface area contributed by atoms with Crippen LogP contribution in [0.15, 0.2) is 53.3 Å². The van der Waals surface area contributed by atoms with Crippen LogP contribution in [0.1, 0.15) is 22.4 Å². The van der Waals surface area contributed by atoms with E-state index in [1.807, 2.05) is 31.2 Å². The maximum atomic E-state index is 11.4. The van der Waals surface area contributed by atoms with Crippen LogP contribution < -0.4 is 10.3 Å².